The largest absolute Gasteiger partial charge is 0.379 e. The fourth-order valence-corrected chi connectivity index (χ4v) is 3.52. The molecule has 0 radical (unpaired) electrons. The number of nitrogens with one attached hydrogen (secondary N) is 1. The van der Waals surface area contributed by atoms with Crippen molar-refractivity contribution in [3.05, 3.63) is 96.1 Å². The van der Waals surface area contributed by atoms with Crippen LogP contribution in [0, 0.1) is 0 Å². The molecule has 3 rings (SSSR count). The smallest absolute Gasteiger partial charge is 0.339 e. The van der Waals surface area contributed by atoms with E-state index in [0.29, 0.717) is 12.1 Å². The number of hydrogen-bond donors (Lipinski definition) is 2. The maximum Gasteiger partial charge on any atom is 0.339 e. The van der Waals surface area contributed by atoms with E-state index in [1.165, 1.54) is 24.3 Å². The first kappa shape index (κ1) is 19.1. The summed E-state index contributed by atoms with van der Waals surface area (Å²) < 4.78 is 29.7. The molecular weight excluding hydrogens is 362 g/mol. The summed E-state index contributed by atoms with van der Waals surface area (Å²) in [5.41, 5.74) is 0.377. The van der Waals surface area contributed by atoms with Crippen LogP contribution in [-0.4, -0.2) is 13.5 Å². The first-order chi connectivity index (χ1) is 12.9. The summed E-state index contributed by atoms with van der Waals surface area (Å²) in [6.45, 7) is 2.14. The maximum absolute atomic E-state index is 12.3. The van der Waals surface area contributed by atoms with Crippen molar-refractivity contribution in [2.45, 2.75) is 24.1 Å². The summed E-state index contributed by atoms with van der Waals surface area (Å²) in [4.78, 5) is 0.0885. The lowest BCUT2D eigenvalue weighted by atomic mass is 10.0. The number of rotatable bonds is 7. The van der Waals surface area contributed by atoms with Gasteiger partial charge in [0.2, 0.25) is 0 Å². The number of hydrogen-bond acceptors (Lipinski definition) is 5. The average molecular weight is 383 g/mol. The van der Waals surface area contributed by atoms with Crippen molar-refractivity contribution in [1.29, 1.82) is 0 Å². The highest BCUT2D eigenvalue weighted by atomic mass is 32.2. The van der Waals surface area contributed by atoms with E-state index >= 15 is 0 Å². The minimum atomic E-state index is -3.89. The Kier molecular flexibility index (Phi) is 5.60. The predicted molar refractivity (Wildman–Crippen MR) is 104 cm³/mol. The third kappa shape index (κ3) is 4.95. The molecule has 3 aromatic carbocycles. The predicted octanol–water partition coefficient (Wildman–Crippen LogP) is 3.41. The van der Waals surface area contributed by atoms with Gasteiger partial charge in [0, 0.05) is 6.54 Å². The highest BCUT2D eigenvalue weighted by Crippen LogP contribution is 2.24. The van der Waals surface area contributed by atoms with E-state index in [1.54, 1.807) is 37.3 Å². The normalized spacial score (nSPS) is 13.7. The van der Waals surface area contributed by atoms with Crippen LogP contribution < -0.4 is 9.50 Å². The molecule has 0 heterocycles. The Bertz CT molecular complexity index is 970. The summed E-state index contributed by atoms with van der Waals surface area (Å²) in [5, 5.41) is 13.8. The monoisotopic (exact) mass is 383 g/mol. The second-order valence-electron chi connectivity index (χ2n) is 6.29. The van der Waals surface area contributed by atoms with E-state index in [-0.39, 0.29) is 10.6 Å². The molecule has 3 aromatic rings. The molecule has 2 N–H and O–H groups in total. The van der Waals surface area contributed by atoms with Crippen LogP contribution in [0.15, 0.2) is 89.8 Å². The fraction of sp³-hybridized carbons (Fsp3) is 0.143. The van der Waals surface area contributed by atoms with Gasteiger partial charge in [0.05, 0.1) is 0 Å². The lowest BCUT2D eigenvalue weighted by Gasteiger charge is -2.25. The molecule has 0 aliphatic rings. The zero-order chi connectivity index (χ0) is 19.3. The van der Waals surface area contributed by atoms with Gasteiger partial charge in [-0.05, 0) is 42.3 Å². The minimum Gasteiger partial charge on any atom is -0.379 e. The van der Waals surface area contributed by atoms with Gasteiger partial charge in [-0.2, -0.15) is 8.42 Å². The van der Waals surface area contributed by atoms with Crippen LogP contribution in [0.4, 0.5) is 0 Å². The van der Waals surface area contributed by atoms with Gasteiger partial charge in [-0.1, -0.05) is 60.7 Å². The second-order valence-corrected chi connectivity index (χ2v) is 7.83. The van der Waals surface area contributed by atoms with Crippen LogP contribution in [0.5, 0.6) is 5.75 Å². The molecule has 0 bridgehead atoms. The summed E-state index contributed by atoms with van der Waals surface area (Å²) in [6.07, 6.45) is 0. The van der Waals surface area contributed by atoms with Crippen molar-refractivity contribution in [3.8, 4) is 5.75 Å². The third-order valence-corrected chi connectivity index (χ3v) is 5.40. The molecule has 0 unspecified atom stereocenters. The van der Waals surface area contributed by atoms with Crippen LogP contribution in [0.2, 0.25) is 0 Å². The minimum absolute atomic E-state index is 0.0885. The molecule has 0 fully saturated rings. The SMILES string of the molecule is C[C@@](O)(NCc1ccccc1)c1ccc(OS(=O)(=O)c2ccccc2)cc1. The van der Waals surface area contributed by atoms with E-state index in [4.69, 9.17) is 4.18 Å². The Hall–Kier alpha value is -2.67. The molecule has 1 atom stereocenters. The van der Waals surface area contributed by atoms with Crippen molar-refractivity contribution >= 4 is 10.1 Å². The highest BCUT2D eigenvalue weighted by Gasteiger charge is 2.23. The Labute approximate surface area is 159 Å². The molecule has 0 aromatic heterocycles. The Balaban J connectivity index is 1.69. The van der Waals surface area contributed by atoms with Gasteiger partial charge in [-0.15, -0.1) is 0 Å². The lowest BCUT2D eigenvalue weighted by Crippen LogP contribution is -2.38. The molecule has 0 saturated heterocycles. The molecule has 140 valence electrons. The van der Waals surface area contributed by atoms with Crippen LogP contribution in [-0.2, 0) is 22.4 Å². The topological polar surface area (TPSA) is 75.6 Å². The zero-order valence-corrected chi connectivity index (χ0v) is 15.7. The van der Waals surface area contributed by atoms with Crippen molar-refractivity contribution in [3.63, 3.8) is 0 Å². The zero-order valence-electron chi connectivity index (χ0n) is 14.9. The molecule has 5 nitrogen and oxygen atoms in total. The number of aliphatic hydroxyl groups is 1. The molecule has 27 heavy (non-hydrogen) atoms. The molecule has 0 saturated carbocycles. The maximum atomic E-state index is 12.3. The first-order valence-corrected chi connectivity index (χ1v) is 9.89. The molecule has 0 amide bonds. The molecule has 0 spiro atoms. The van der Waals surface area contributed by atoms with Crippen molar-refractivity contribution in [1.82, 2.24) is 5.32 Å². The standard InChI is InChI=1S/C21H21NO4S/c1-21(23,22-16-17-8-4-2-5-9-17)18-12-14-19(15-13-18)26-27(24,25)20-10-6-3-7-11-20/h2-15,22-23H,16H2,1H3/t21-/m0/s1. The molecular formula is C21H21NO4S. The third-order valence-electron chi connectivity index (χ3n) is 4.13. The first-order valence-electron chi connectivity index (χ1n) is 8.48. The highest BCUT2D eigenvalue weighted by molar-refractivity contribution is 7.87. The van der Waals surface area contributed by atoms with E-state index in [1.807, 2.05) is 30.3 Å². The van der Waals surface area contributed by atoms with Crippen molar-refractivity contribution in [2.24, 2.45) is 0 Å². The second kappa shape index (κ2) is 7.92. The van der Waals surface area contributed by atoms with Gasteiger partial charge in [0.1, 0.15) is 16.4 Å². The summed E-state index contributed by atoms with van der Waals surface area (Å²) in [6, 6.07) is 24.0. The van der Waals surface area contributed by atoms with E-state index in [9.17, 15) is 13.5 Å². The Morgan fingerprint density at radius 2 is 1.44 bits per heavy atom. The van der Waals surface area contributed by atoms with Gasteiger partial charge in [-0.25, -0.2) is 0 Å². The van der Waals surface area contributed by atoms with Crippen molar-refractivity contribution in [2.75, 3.05) is 0 Å². The number of benzene rings is 3. The van der Waals surface area contributed by atoms with Gasteiger partial charge >= 0.3 is 10.1 Å². The van der Waals surface area contributed by atoms with E-state index < -0.39 is 15.8 Å². The molecule has 0 aliphatic heterocycles. The van der Waals surface area contributed by atoms with E-state index in [2.05, 4.69) is 5.32 Å². The van der Waals surface area contributed by atoms with E-state index in [0.717, 1.165) is 5.56 Å². The lowest BCUT2D eigenvalue weighted by molar-refractivity contribution is 0.0178. The Morgan fingerprint density at radius 3 is 2.04 bits per heavy atom. The molecule has 0 aliphatic carbocycles. The fourth-order valence-electron chi connectivity index (χ4n) is 2.57. The average Bonchev–Trinajstić information content (AvgIpc) is 2.68. The van der Waals surface area contributed by atoms with Gasteiger partial charge in [-0.3, -0.25) is 5.32 Å². The van der Waals surface area contributed by atoms with Gasteiger partial charge < -0.3 is 9.29 Å². The van der Waals surface area contributed by atoms with Crippen LogP contribution in [0.1, 0.15) is 18.1 Å². The molecule has 6 heteroatoms. The summed E-state index contributed by atoms with van der Waals surface area (Å²) in [5.74, 6) is 0.182. The van der Waals surface area contributed by atoms with Crippen LogP contribution >= 0.6 is 0 Å². The summed E-state index contributed by atoms with van der Waals surface area (Å²) >= 11 is 0. The van der Waals surface area contributed by atoms with Crippen LogP contribution in [0.3, 0.4) is 0 Å². The van der Waals surface area contributed by atoms with Crippen LogP contribution in [0.25, 0.3) is 0 Å². The van der Waals surface area contributed by atoms with Gasteiger partial charge in [0.15, 0.2) is 0 Å². The Morgan fingerprint density at radius 1 is 0.889 bits per heavy atom. The quantitative estimate of drug-likeness (QED) is 0.483. The van der Waals surface area contributed by atoms with Gasteiger partial charge in [0.25, 0.3) is 0 Å². The van der Waals surface area contributed by atoms with Crippen molar-refractivity contribution < 1.29 is 17.7 Å². The summed E-state index contributed by atoms with van der Waals surface area (Å²) in [7, 11) is -3.89.